The quantitative estimate of drug-likeness (QED) is 0.290. The molecule has 0 bridgehead atoms. The highest BCUT2D eigenvalue weighted by atomic mass is 16.3. The van der Waals surface area contributed by atoms with E-state index in [4.69, 9.17) is 13.8 Å². The molecule has 7 aromatic rings. The molecule has 0 saturated heterocycles. The summed E-state index contributed by atoms with van der Waals surface area (Å²) in [5, 5.41) is 5.69. The fraction of sp³-hybridized carbons (Fsp3) is 0. The van der Waals surface area contributed by atoms with Crippen molar-refractivity contribution in [2.24, 2.45) is 0 Å². The van der Waals surface area contributed by atoms with Crippen LogP contribution in [0, 0.1) is 0 Å². The van der Waals surface area contributed by atoms with E-state index < -0.39 is 0 Å². The van der Waals surface area contributed by atoms with Crippen LogP contribution < -0.4 is 5.32 Å². The number of para-hydroxylation sites is 4. The zero-order valence-corrected chi connectivity index (χ0v) is 18.7. The van der Waals surface area contributed by atoms with E-state index in [0.29, 0.717) is 5.89 Å². The van der Waals surface area contributed by atoms with E-state index >= 15 is 0 Å². The van der Waals surface area contributed by atoms with Crippen molar-refractivity contribution in [3.8, 4) is 22.6 Å². The van der Waals surface area contributed by atoms with E-state index in [9.17, 15) is 0 Å². The predicted octanol–water partition coefficient (Wildman–Crippen LogP) is 8.80. The van der Waals surface area contributed by atoms with Crippen molar-refractivity contribution < 1.29 is 8.83 Å². The van der Waals surface area contributed by atoms with Crippen molar-refractivity contribution in [1.29, 1.82) is 0 Å². The maximum atomic E-state index is 6.21. The Balaban J connectivity index is 1.42. The number of nitrogens with one attached hydrogen (secondary N) is 1. The molecule has 5 aromatic carbocycles. The van der Waals surface area contributed by atoms with E-state index in [0.717, 1.165) is 61.1 Å². The molecule has 2 heterocycles. The fourth-order valence-electron chi connectivity index (χ4n) is 4.62. The molecule has 35 heavy (non-hydrogen) atoms. The van der Waals surface area contributed by atoms with Crippen molar-refractivity contribution in [3.63, 3.8) is 0 Å². The van der Waals surface area contributed by atoms with Gasteiger partial charge in [0.25, 0.3) is 0 Å². The Morgan fingerprint density at radius 1 is 0.514 bits per heavy atom. The van der Waals surface area contributed by atoms with Gasteiger partial charge in [0.2, 0.25) is 5.89 Å². The molecule has 0 fully saturated rings. The van der Waals surface area contributed by atoms with Crippen molar-refractivity contribution >= 4 is 44.4 Å². The van der Waals surface area contributed by atoms with Crippen LogP contribution in [0.15, 0.2) is 124 Å². The lowest BCUT2D eigenvalue weighted by Crippen LogP contribution is -1.92. The van der Waals surface area contributed by atoms with Crippen LogP contribution in [0.1, 0.15) is 0 Å². The molecule has 4 nitrogen and oxygen atoms in total. The Morgan fingerprint density at radius 2 is 1.29 bits per heavy atom. The summed E-state index contributed by atoms with van der Waals surface area (Å²) in [5.74, 6) is 0.593. The van der Waals surface area contributed by atoms with Gasteiger partial charge >= 0.3 is 0 Å². The molecule has 0 unspecified atom stereocenters. The van der Waals surface area contributed by atoms with Gasteiger partial charge in [-0.15, -0.1) is 0 Å². The maximum Gasteiger partial charge on any atom is 0.228 e. The second-order valence-corrected chi connectivity index (χ2v) is 8.55. The zero-order chi connectivity index (χ0) is 23.2. The van der Waals surface area contributed by atoms with E-state index in [1.807, 2.05) is 78.9 Å². The molecule has 0 amide bonds. The number of hydrogen-bond acceptors (Lipinski definition) is 4. The molecule has 0 radical (unpaired) electrons. The minimum absolute atomic E-state index is 0.593. The largest absolute Gasteiger partial charge is 0.456 e. The van der Waals surface area contributed by atoms with Crippen molar-refractivity contribution in [3.05, 3.63) is 115 Å². The van der Waals surface area contributed by atoms with Crippen LogP contribution in [0.25, 0.3) is 55.6 Å². The molecular weight excluding hydrogens is 432 g/mol. The SMILES string of the molecule is c1ccc(Nc2ccc(-c3ccc4oc5ccccc5c4c3)c(-c3nc4ccccc4o3)c2)cc1. The Kier molecular flexibility index (Phi) is 4.42. The Morgan fingerprint density at radius 3 is 2.17 bits per heavy atom. The lowest BCUT2D eigenvalue weighted by atomic mass is 9.97. The van der Waals surface area contributed by atoms with Crippen LogP contribution in [0.5, 0.6) is 0 Å². The molecule has 166 valence electrons. The minimum atomic E-state index is 0.593. The van der Waals surface area contributed by atoms with E-state index in [1.54, 1.807) is 0 Å². The number of oxazole rings is 1. The monoisotopic (exact) mass is 452 g/mol. The van der Waals surface area contributed by atoms with Gasteiger partial charge in [0.1, 0.15) is 16.7 Å². The normalized spacial score (nSPS) is 11.4. The first-order chi connectivity index (χ1) is 17.3. The average molecular weight is 453 g/mol. The van der Waals surface area contributed by atoms with Crippen LogP contribution in [0.2, 0.25) is 0 Å². The summed E-state index contributed by atoms with van der Waals surface area (Å²) in [7, 11) is 0. The van der Waals surface area contributed by atoms with E-state index in [2.05, 4.69) is 41.7 Å². The van der Waals surface area contributed by atoms with Crippen molar-refractivity contribution in [2.75, 3.05) is 5.32 Å². The van der Waals surface area contributed by atoms with Gasteiger partial charge in [0.05, 0.1) is 0 Å². The number of aromatic nitrogens is 1. The van der Waals surface area contributed by atoms with E-state index in [-0.39, 0.29) is 0 Å². The topological polar surface area (TPSA) is 51.2 Å². The minimum Gasteiger partial charge on any atom is -0.456 e. The van der Waals surface area contributed by atoms with Gasteiger partial charge in [0.15, 0.2) is 5.58 Å². The number of anilines is 2. The molecule has 7 rings (SSSR count). The maximum absolute atomic E-state index is 6.21. The number of rotatable bonds is 4. The average Bonchev–Trinajstić information content (AvgIpc) is 3.50. The molecule has 0 saturated carbocycles. The van der Waals surface area contributed by atoms with Gasteiger partial charge in [-0.3, -0.25) is 0 Å². The van der Waals surface area contributed by atoms with Crippen LogP contribution in [0.3, 0.4) is 0 Å². The van der Waals surface area contributed by atoms with Gasteiger partial charge in [-0.2, -0.15) is 0 Å². The second kappa shape index (κ2) is 7.89. The summed E-state index contributed by atoms with van der Waals surface area (Å²) in [6, 6.07) is 38.8. The Bertz CT molecular complexity index is 1800. The van der Waals surface area contributed by atoms with Crippen LogP contribution in [-0.2, 0) is 0 Å². The standard InChI is InChI=1S/C31H20N2O2/c1-2-8-21(9-3-1)32-22-15-16-23(26(19-22)31-33-27-11-5-7-13-30(27)35-31)20-14-17-29-25(18-20)24-10-4-6-12-28(24)34-29/h1-19,32H. The molecule has 0 aliphatic heterocycles. The van der Waals surface area contributed by atoms with Crippen molar-refractivity contribution in [2.45, 2.75) is 0 Å². The summed E-state index contributed by atoms with van der Waals surface area (Å²) in [6.07, 6.45) is 0. The first-order valence-corrected chi connectivity index (χ1v) is 11.6. The number of fused-ring (bicyclic) bond motifs is 4. The third kappa shape index (κ3) is 3.44. The first kappa shape index (κ1) is 19.6. The highest BCUT2D eigenvalue weighted by Crippen LogP contribution is 2.38. The first-order valence-electron chi connectivity index (χ1n) is 11.6. The molecule has 0 atom stereocenters. The highest BCUT2D eigenvalue weighted by Gasteiger charge is 2.16. The summed E-state index contributed by atoms with van der Waals surface area (Å²) in [6.45, 7) is 0. The summed E-state index contributed by atoms with van der Waals surface area (Å²) >= 11 is 0. The summed E-state index contributed by atoms with van der Waals surface area (Å²) in [4.78, 5) is 4.81. The molecular formula is C31H20N2O2. The van der Waals surface area contributed by atoms with Crippen LogP contribution in [0.4, 0.5) is 11.4 Å². The molecule has 4 heteroatoms. The number of benzene rings is 5. The van der Waals surface area contributed by atoms with E-state index in [1.165, 1.54) is 0 Å². The molecule has 0 spiro atoms. The lowest BCUT2D eigenvalue weighted by molar-refractivity contribution is 0.620. The highest BCUT2D eigenvalue weighted by molar-refractivity contribution is 6.06. The second-order valence-electron chi connectivity index (χ2n) is 8.55. The van der Waals surface area contributed by atoms with Gasteiger partial charge < -0.3 is 14.2 Å². The van der Waals surface area contributed by atoms with Crippen molar-refractivity contribution in [1.82, 2.24) is 4.98 Å². The van der Waals surface area contributed by atoms with Gasteiger partial charge in [-0.1, -0.05) is 60.7 Å². The molecule has 0 aliphatic carbocycles. The summed E-state index contributed by atoms with van der Waals surface area (Å²) in [5.41, 5.74) is 8.41. The smallest absolute Gasteiger partial charge is 0.228 e. The number of hydrogen-bond donors (Lipinski definition) is 1. The third-order valence-electron chi connectivity index (χ3n) is 6.29. The third-order valence-corrected chi connectivity index (χ3v) is 6.29. The Labute approximate surface area is 201 Å². The molecule has 2 aromatic heterocycles. The van der Waals surface area contributed by atoms with Gasteiger partial charge in [-0.25, -0.2) is 4.98 Å². The lowest BCUT2D eigenvalue weighted by Gasteiger charge is -2.12. The van der Waals surface area contributed by atoms with Gasteiger partial charge in [0, 0.05) is 27.7 Å². The Hall–Kier alpha value is -4.83. The summed E-state index contributed by atoms with van der Waals surface area (Å²) < 4.78 is 12.2. The predicted molar refractivity (Wildman–Crippen MR) is 142 cm³/mol. The van der Waals surface area contributed by atoms with Gasteiger partial charge in [-0.05, 0) is 65.7 Å². The van der Waals surface area contributed by atoms with Crippen LogP contribution in [-0.4, -0.2) is 4.98 Å². The molecule has 0 aliphatic rings. The fourth-order valence-corrected chi connectivity index (χ4v) is 4.62. The molecule has 1 N–H and O–H groups in total. The van der Waals surface area contributed by atoms with Crippen LogP contribution >= 0.6 is 0 Å². The number of furan rings is 1. The zero-order valence-electron chi connectivity index (χ0n) is 18.7. The number of nitrogens with zero attached hydrogens (tertiary/aromatic N) is 1.